The number of carbonyl (C=O) groups excluding carboxylic acids is 2. The number of rotatable bonds is 5. The quantitative estimate of drug-likeness (QED) is 0.640. The summed E-state index contributed by atoms with van der Waals surface area (Å²) in [6.45, 7) is 3.85. The van der Waals surface area contributed by atoms with Gasteiger partial charge in [0.2, 0.25) is 11.8 Å². The number of carbonyl (C=O) groups is 2. The van der Waals surface area contributed by atoms with Crippen LogP contribution in [0, 0.1) is 5.41 Å². The molecule has 5 heteroatoms. The Kier molecular flexibility index (Phi) is 4.32. The molecule has 2 rings (SSSR count). The van der Waals surface area contributed by atoms with E-state index in [0.717, 1.165) is 0 Å². The first-order valence-corrected chi connectivity index (χ1v) is 7.32. The molecule has 5 nitrogen and oxygen atoms in total. The highest BCUT2D eigenvalue weighted by Gasteiger charge is 2.49. The van der Waals surface area contributed by atoms with Crippen LogP contribution in [-0.4, -0.2) is 28.4 Å². The van der Waals surface area contributed by atoms with Gasteiger partial charge in [0, 0.05) is 12.1 Å². The number of nitrogens with two attached hydrogens (primary N) is 1. The van der Waals surface area contributed by atoms with Crippen molar-refractivity contribution in [1.29, 1.82) is 0 Å². The molecule has 1 atom stereocenters. The molecule has 2 amide bonds. The molecule has 1 aromatic rings. The lowest BCUT2D eigenvalue weighted by atomic mass is 9.81. The molecule has 1 aromatic carbocycles. The molecule has 1 saturated heterocycles. The van der Waals surface area contributed by atoms with E-state index in [0.29, 0.717) is 24.1 Å². The number of likely N-dealkylation sites (tertiary alicyclic amines) is 1. The zero-order valence-corrected chi connectivity index (χ0v) is 12.5. The Balaban J connectivity index is 2.14. The number of anilines is 1. The summed E-state index contributed by atoms with van der Waals surface area (Å²) in [5, 5.41) is 10.2. The average Bonchev–Trinajstić information content (AvgIpc) is 2.72. The molecule has 0 bridgehead atoms. The third-order valence-electron chi connectivity index (χ3n) is 4.52. The van der Waals surface area contributed by atoms with E-state index in [-0.39, 0.29) is 24.8 Å². The van der Waals surface area contributed by atoms with Gasteiger partial charge in [0.1, 0.15) is 0 Å². The number of benzene rings is 1. The molecule has 114 valence electrons. The summed E-state index contributed by atoms with van der Waals surface area (Å²) < 4.78 is 0. The second kappa shape index (κ2) is 5.85. The molecule has 1 aliphatic heterocycles. The van der Waals surface area contributed by atoms with Crippen LogP contribution in [0.15, 0.2) is 24.3 Å². The van der Waals surface area contributed by atoms with Crippen LogP contribution in [0.25, 0.3) is 0 Å². The Morgan fingerprint density at radius 1 is 1.24 bits per heavy atom. The standard InChI is InChI=1S/C16H22N2O3/c1-3-16(4-2)9-14(20)18(15(16)21)10-13(19)11-5-7-12(17)8-6-11/h5-8,13,19H,3-4,9-10,17H2,1-2H3. The molecule has 0 aliphatic carbocycles. The van der Waals surface area contributed by atoms with Crippen LogP contribution in [0.3, 0.4) is 0 Å². The highest BCUT2D eigenvalue weighted by atomic mass is 16.3. The molecule has 0 spiro atoms. The van der Waals surface area contributed by atoms with Crippen molar-refractivity contribution in [2.45, 2.75) is 39.2 Å². The van der Waals surface area contributed by atoms with Crippen molar-refractivity contribution in [2.24, 2.45) is 5.41 Å². The second-order valence-corrected chi connectivity index (χ2v) is 5.66. The summed E-state index contributed by atoms with van der Waals surface area (Å²) in [6, 6.07) is 6.79. The normalized spacial score (nSPS) is 19.1. The number of imide groups is 1. The van der Waals surface area contributed by atoms with E-state index >= 15 is 0 Å². The SMILES string of the molecule is CCC1(CC)CC(=O)N(CC(O)c2ccc(N)cc2)C1=O. The first-order valence-electron chi connectivity index (χ1n) is 7.32. The number of aliphatic hydroxyl groups excluding tert-OH is 1. The molecule has 1 heterocycles. The van der Waals surface area contributed by atoms with Crippen LogP contribution in [0.5, 0.6) is 0 Å². The molecule has 0 saturated carbocycles. The van der Waals surface area contributed by atoms with Crippen molar-refractivity contribution in [3.05, 3.63) is 29.8 Å². The third-order valence-corrected chi connectivity index (χ3v) is 4.52. The molecule has 21 heavy (non-hydrogen) atoms. The molecule has 0 radical (unpaired) electrons. The Morgan fingerprint density at radius 2 is 1.81 bits per heavy atom. The topological polar surface area (TPSA) is 83.6 Å². The van der Waals surface area contributed by atoms with E-state index in [1.165, 1.54) is 4.90 Å². The number of amides is 2. The summed E-state index contributed by atoms with van der Waals surface area (Å²) >= 11 is 0. The van der Waals surface area contributed by atoms with Gasteiger partial charge in [-0.3, -0.25) is 14.5 Å². The summed E-state index contributed by atoms with van der Waals surface area (Å²) in [5.74, 6) is -0.356. The predicted octanol–water partition coefficient (Wildman–Crippen LogP) is 1.87. The summed E-state index contributed by atoms with van der Waals surface area (Å²) in [7, 11) is 0. The smallest absolute Gasteiger partial charge is 0.235 e. The Bertz CT molecular complexity index is 535. The van der Waals surface area contributed by atoms with Crippen LogP contribution in [0.1, 0.15) is 44.8 Å². The summed E-state index contributed by atoms with van der Waals surface area (Å²) in [5.41, 5.74) is 6.28. The highest BCUT2D eigenvalue weighted by molar-refractivity contribution is 6.05. The van der Waals surface area contributed by atoms with Gasteiger partial charge in [0.15, 0.2) is 0 Å². The fourth-order valence-corrected chi connectivity index (χ4v) is 2.84. The zero-order chi connectivity index (χ0) is 15.6. The van der Waals surface area contributed by atoms with Gasteiger partial charge >= 0.3 is 0 Å². The van der Waals surface area contributed by atoms with Crippen molar-refractivity contribution < 1.29 is 14.7 Å². The Hall–Kier alpha value is -1.88. The lowest BCUT2D eigenvalue weighted by Crippen LogP contribution is -2.37. The van der Waals surface area contributed by atoms with Crippen molar-refractivity contribution in [1.82, 2.24) is 4.90 Å². The van der Waals surface area contributed by atoms with Crippen LogP contribution >= 0.6 is 0 Å². The van der Waals surface area contributed by atoms with Gasteiger partial charge in [-0.1, -0.05) is 26.0 Å². The predicted molar refractivity (Wildman–Crippen MR) is 80.2 cm³/mol. The Labute approximate surface area is 124 Å². The molecule has 3 N–H and O–H groups in total. The van der Waals surface area contributed by atoms with Gasteiger partial charge in [0.05, 0.1) is 18.1 Å². The fraction of sp³-hybridized carbons (Fsp3) is 0.500. The first kappa shape index (κ1) is 15.5. The van der Waals surface area contributed by atoms with Crippen LogP contribution in [0.4, 0.5) is 5.69 Å². The van der Waals surface area contributed by atoms with Gasteiger partial charge in [-0.25, -0.2) is 0 Å². The van der Waals surface area contributed by atoms with Gasteiger partial charge < -0.3 is 10.8 Å². The lowest BCUT2D eigenvalue weighted by Gasteiger charge is -2.24. The van der Waals surface area contributed by atoms with Crippen LogP contribution in [0.2, 0.25) is 0 Å². The number of β-amino-alcohol motifs (C(OH)–C–C–N with tert-alkyl or cyclic N) is 1. The number of hydrogen-bond donors (Lipinski definition) is 2. The van der Waals surface area contributed by atoms with E-state index in [1.54, 1.807) is 24.3 Å². The molecular formula is C16H22N2O3. The fourth-order valence-electron chi connectivity index (χ4n) is 2.84. The van der Waals surface area contributed by atoms with Crippen molar-refractivity contribution >= 4 is 17.5 Å². The molecule has 1 aliphatic rings. The van der Waals surface area contributed by atoms with Crippen molar-refractivity contribution in [2.75, 3.05) is 12.3 Å². The maximum atomic E-state index is 12.5. The highest BCUT2D eigenvalue weighted by Crippen LogP contribution is 2.39. The van der Waals surface area contributed by atoms with Gasteiger partial charge in [-0.05, 0) is 30.5 Å². The van der Waals surface area contributed by atoms with Gasteiger partial charge in [-0.15, -0.1) is 0 Å². The third kappa shape index (κ3) is 2.78. The average molecular weight is 290 g/mol. The van der Waals surface area contributed by atoms with Crippen LogP contribution in [-0.2, 0) is 9.59 Å². The van der Waals surface area contributed by atoms with Gasteiger partial charge in [-0.2, -0.15) is 0 Å². The number of nitrogens with zero attached hydrogens (tertiary/aromatic N) is 1. The summed E-state index contributed by atoms with van der Waals surface area (Å²) in [4.78, 5) is 25.8. The zero-order valence-electron chi connectivity index (χ0n) is 12.5. The molecule has 0 aromatic heterocycles. The van der Waals surface area contributed by atoms with E-state index in [2.05, 4.69) is 0 Å². The van der Waals surface area contributed by atoms with E-state index in [4.69, 9.17) is 5.73 Å². The molecular weight excluding hydrogens is 268 g/mol. The number of aliphatic hydroxyl groups is 1. The largest absolute Gasteiger partial charge is 0.399 e. The number of hydrogen-bond acceptors (Lipinski definition) is 4. The number of nitrogen functional groups attached to an aromatic ring is 1. The monoisotopic (exact) mass is 290 g/mol. The minimum absolute atomic E-state index is 0.00331. The first-order chi connectivity index (χ1) is 9.93. The van der Waals surface area contributed by atoms with Crippen molar-refractivity contribution in [3.63, 3.8) is 0 Å². The molecule has 1 fully saturated rings. The van der Waals surface area contributed by atoms with Crippen molar-refractivity contribution in [3.8, 4) is 0 Å². The second-order valence-electron chi connectivity index (χ2n) is 5.66. The Morgan fingerprint density at radius 3 is 2.29 bits per heavy atom. The van der Waals surface area contributed by atoms with Crippen LogP contribution < -0.4 is 5.73 Å². The van der Waals surface area contributed by atoms with E-state index < -0.39 is 11.5 Å². The van der Waals surface area contributed by atoms with E-state index in [1.807, 2.05) is 13.8 Å². The lowest BCUT2D eigenvalue weighted by molar-refractivity contribution is -0.143. The maximum absolute atomic E-state index is 12.5. The molecule has 1 unspecified atom stereocenters. The van der Waals surface area contributed by atoms with E-state index in [9.17, 15) is 14.7 Å². The maximum Gasteiger partial charge on any atom is 0.235 e. The summed E-state index contributed by atoms with van der Waals surface area (Å²) in [6.07, 6.45) is 0.640. The minimum Gasteiger partial charge on any atom is -0.399 e. The van der Waals surface area contributed by atoms with Gasteiger partial charge in [0.25, 0.3) is 0 Å². The minimum atomic E-state index is -0.886.